The zero-order valence-electron chi connectivity index (χ0n) is 20.0. The number of amides is 1. The third kappa shape index (κ3) is 5.19. The van der Waals surface area contributed by atoms with Crippen LogP contribution in [0.5, 0.6) is 11.5 Å². The Balaban J connectivity index is 1.51. The van der Waals surface area contributed by atoms with E-state index in [9.17, 15) is 13.2 Å². The quantitative estimate of drug-likeness (QED) is 0.320. The summed E-state index contributed by atoms with van der Waals surface area (Å²) in [5.41, 5.74) is 2.26. The van der Waals surface area contributed by atoms with Gasteiger partial charge in [0, 0.05) is 23.1 Å². The van der Waals surface area contributed by atoms with Crippen LogP contribution in [0.1, 0.15) is 17.3 Å². The van der Waals surface area contributed by atoms with E-state index in [0.29, 0.717) is 33.6 Å². The number of hydrogen-bond donors (Lipinski definition) is 1. The fraction of sp³-hybridized carbons (Fsp3) is 0.154. The SMILES string of the molecule is CCN(c1ccccc1)S(=O)(=O)c1ccc(C(=O)Nc2nc(-c3cc(OC)ccc3OC)cs2)cc1. The largest absolute Gasteiger partial charge is 0.497 e. The first-order chi connectivity index (χ1) is 17.4. The van der Waals surface area contributed by atoms with Crippen molar-refractivity contribution in [2.45, 2.75) is 11.8 Å². The molecule has 0 radical (unpaired) electrons. The Morgan fingerprint density at radius 3 is 2.36 bits per heavy atom. The average molecular weight is 524 g/mol. The van der Waals surface area contributed by atoms with Crippen molar-refractivity contribution in [1.82, 2.24) is 4.98 Å². The van der Waals surface area contributed by atoms with Crippen molar-refractivity contribution in [2.75, 3.05) is 30.4 Å². The molecule has 1 aromatic heterocycles. The number of benzene rings is 3. The van der Waals surface area contributed by atoms with Gasteiger partial charge in [-0.25, -0.2) is 13.4 Å². The van der Waals surface area contributed by atoms with Crippen molar-refractivity contribution in [1.29, 1.82) is 0 Å². The summed E-state index contributed by atoms with van der Waals surface area (Å²) in [7, 11) is -0.623. The van der Waals surface area contributed by atoms with E-state index in [2.05, 4.69) is 10.3 Å². The number of sulfonamides is 1. The molecule has 0 unspecified atom stereocenters. The van der Waals surface area contributed by atoms with Gasteiger partial charge in [-0.1, -0.05) is 18.2 Å². The highest BCUT2D eigenvalue weighted by atomic mass is 32.2. The molecule has 4 aromatic rings. The maximum atomic E-state index is 13.2. The molecule has 0 aliphatic carbocycles. The van der Waals surface area contributed by atoms with E-state index in [0.717, 1.165) is 5.56 Å². The summed E-state index contributed by atoms with van der Waals surface area (Å²) < 4.78 is 38.4. The molecule has 10 heteroatoms. The molecule has 186 valence electrons. The van der Waals surface area contributed by atoms with Crippen LogP contribution < -0.4 is 19.1 Å². The summed E-state index contributed by atoms with van der Waals surface area (Å²) in [5, 5.41) is 4.98. The topological polar surface area (TPSA) is 97.8 Å². The second-order valence-corrected chi connectivity index (χ2v) is 10.3. The minimum Gasteiger partial charge on any atom is -0.497 e. The number of aromatic nitrogens is 1. The summed E-state index contributed by atoms with van der Waals surface area (Å²) in [6.07, 6.45) is 0. The number of rotatable bonds is 9. The van der Waals surface area contributed by atoms with Crippen molar-refractivity contribution in [3.63, 3.8) is 0 Å². The molecule has 0 atom stereocenters. The zero-order valence-corrected chi connectivity index (χ0v) is 21.6. The molecular formula is C26H25N3O5S2. The van der Waals surface area contributed by atoms with Crippen LogP contribution in [0.3, 0.4) is 0 Å². The van der Waals surface area contributed by atoms with E-state index < -0.39 is 15.9 Å². The van der Waals surface area contributed by atoms with Crippen LogP contribution in [0.15, 0.2) is 83.1 Å². The standard InChI is InChI=1S/C26H25N3O5S2/c1-4-29(19-8-6-5-7-9-19)36(31,32)21-13-10-18(11-14-21)25(30)28-26-27-23(17-35-26)22-16-20(33-2)12-15-24(22)34-3/h5-17H,4H2,1-3H3,(H,27,28,30). The fourth-order valence-corrected chi connectivity index (χ4v) is 5.81. The number of nitrogens with one attached hydrogen (secondary N) is 1. The number of ether oxygens (including phenoxy) is 2. The van der Waals surface area contributed by atoms with Gasteiger partial charge in [0.15, 0.2) is 5.13 Å². The van der Waals surface area contributed by atoms with Crippen LogP contribution in [0.4, 0.5) is 10.8 Å². The third-order valence-electron chi connectivity index (χ3n) is 5.44. The number of thiazole rings is 1. The highest BCUT2D eigenvalue weighted by Crippen LogP contribution is 2.35. The Morgan fingerprint density at radius 1 is 1.00 bits per heavy atom. The Kier molecular flexibility index (Phi) is 7.56. The summed E-state index contributed by atoms with van der Waals surface area (Å²) in [6, 6.07) is 20.1. The molecule has 3 aromatic carbocycles. The lowest BCUT2D eigenvalue weighted by Crippen LogP contribution is -2.30. The number of carbonyl (C=O) groups excluding carboxylic acids is 1. The van der Waals surface area contributed by atoms with Gasteiger partial charge < -0.3 is 9.47 Å². The van der Waals surface area contributed by atoms with Crippen LogP contribution in [0.25, 0.3) is 11.3 Å². The molecule has 36 heavy (non-hydrogen) atoms. The number of nitrogens with zero attached hydrogens (tertiary/aromatic N) is 2. The number of methoxy groups -OCH3 is 2. The molecule has 0 saturated heterocycles. The molecule has 0 aliphatic rings. The molecule has 8 nitrogen and oxygen atoms in total. The van der Waals surface area contributed by atoms with Gasteiger partial charge in [0.1, 0.15) is 11.5 Å². The van der Waals surface area contributed by atoms with Crippen LogP contribution in [0, 0.1) is 0 Å². The molecule has 1 N–H and O–H groups in total. The summed E-state index contributed by atoms with van der Waals surface area (Å²) in [6.45, 7) is 2.05. The van der Waals surface area contributed by atoms with E-state index in [-0.39, 0.29) is 11.4 Å². The van der Waals surface area contributed by atoms with E-state index >= 15 is 0 Å². The molecule has 0 fully saturated rings. The number of anilines is 2. The average Bonchev–Trinajstić information content (AvgIpc) is 3.37. The van der Waals surface area contributed by atoms with E-state index in [1.54, 1.807) is 57.5 Å². The molecule has 0 saturated carbocycles. The number of hydrogen-bond acceptors (Lipinski definition) is 7. The molecule has 0 aliphatic heterocycles. The van der Waals surface area contributed by atoms with E-state index in [1.165, 1.54) is 39.9 Å². The van der Waals surface area contributed by atoms with Crippen LogP contribution >= 0.6 is 11.3 Å². The lowest BCUT2D eigenvalue weighted by Gasteiger charge is -2.22. The highest BCUT2D eigenvalue weighted by Gasteiger charge is 2.24. The van der Waals surface area contributed by atoms with Gasteiger partial charge in [-0.05, 0) is 61.5 Å². The molecule has 0 spiro atoms. The van der Waals surface area contributed by atoms with E-state index in [1.807, 2.05) is 17.5 Å². The van der Waals surface area contributed by atoms with E-state index in [4.69, 9.17) is 9.47 Å². The fourth-order valence-electron chi connectivity index (χ4n) is 3.63. The predicted molar refractivity (Wildman–Crippen MR) is 142 cm³/mol. The zero-order chi connectivity index (χ0) is 25.7. The minimum absolute atomic E-state index is 0.103. The Bertz CT molecular complexity index is 1450. The second-order valence-electron chi connectivity index (χ2n) is 7.59. The van der Waals surface area contributed by atoms with Crippen molar-refractivity contribution in [3.05, 3.63) is 83.7 Å². The first-order valence-corrected chi connectivity index (χ1v) is 13.4. The molecule has 1 amide bonds. The maximum absolute atomic E-state index is 13.2. The summed E-state index contributed by atoms with van der Waals surface area (Å²) in [4.78, 5) is 17.4. The van der Waals surface area contributed by atoms with Gasteiger partial charge >= 0.3 is 0 Å². The van der Waals surface area contributed by atoms with Crippen LogP contribution in [-0.2, 0) is 10.0 Å². The van der Waals surface area contributed by atoms with Crippen LogP contribution in [-0.4, -0.2) is 40.1 Å². The van der Waals surface area contributed by atoms with Gasteiger partial charge in [-0.2, -0.15) is 0 Å². The Morgan fingerprint density at radius 2 is 1.72 bits per heavy atom. The smallest absolute Gasteiger partial charge is 0.264 e. The predicted octanol–water partition coefficient (Wildman–Crippen LogP) is 5.29. The minimum atomic E-state index is -3.78. The van der Waals surface area contributed by atoms with Crippen molar-refractivity contribution in [3.8, 4) is 22.8 Å². The van der Waals surface area contributed by atoms with Gasteiger partial charge in [0.05, 0.1) is 30.5 Å². The van der Waals surface area contributed by atoms with Gasteiger partial charge in [0.2, 0.25) is 0 Å². The second kappa shape index (κ2) is 10.8. The van der Waals surface area contributed by atoms with Crippen molar-refractivity contribution >= 4 is 38.1 Å². The monoisotopic (exact) mass is 523 g/mol. The van der Waals surface area contributed by atoms with Crippen LogP contribution in [0.2, 0.25) is 0 Å². The first-order valence-electron chi connectivity index (χ1n) is 11.0. The molecule has 1 heterocycles. The third-order valence-corrected chi connectivity index (χ3v) is 8.12. The van der Waals surface area contributed by atoms with Crippen molar-refractivity contribution in [2.24, 2.45) is 0 Å². The summed E-state index contributed by atoms with van der Waals surface area (Å²) in [5.74, 6) is 0.897. The summed E-state index contributed by atoms with van der Waals surface area (Å²) >= 11 is 1.27. The van der Waals surface area contributed by atoms with Crippen molar-refractivity contribution < 1.29 is 22.7 Å². The highest BCUT2D eigenvalue weighted by molar-refractivity contribution is 7.92. The Hall–Kier alpha value is -3.89. The van der Waals surface area contributed by atoms with Gasteiger partial charge in [-0.15, -0.1) is 11.3 Å². The first kappa shape index (κ1) is 25.2. The number of carbonyl (C=O) groups is 1. The normalized spacial score (nSPS) is 11.1. The molecular weight excluding hydrogens is 498 g/mol. The molecule has 4 rings (SSSR count). The lowest BCUT2D eigenvalue weighted by atomic mass is 10.1. The lowest BCUT2D eigenvalue weighted by molar-refractivity contribution is 0.102. The Labute approximate surface area is 214 Å². The van der Waals surface area contributed by atoms with Gasteiger partial charge in [-0.3, -0.25) is 14.4 Å². The van der Waals surface area contributed by atoms with Gasteiger partial charge in [0.25, 0.3) is 15.9 Å². The maximum Gasteiger partial charge on any atom is 0.264 e. The molecule has 0 bridgehead atoms. The number of para-hydroxylation sites is 1.